The molecule has 0 fully saturated rings. The molecule has 1 aromatic heterocycles. The first kappa shape index (κ1) is 10.6. The number of anilines is 1. The lowest BCUT2D eigenvalue weighted by molar-refractivity contribution is -0.188. The van der Waals surface area contributed by atoms with E-state index in [0.717, 1.165) is 5.69 Å². The van der Waals surface area contributed by atoms with Crippen LogP contribution in [0.25, 0.3) is 0 Å². The van der Waals surface area contributed by atoms with Crippen LogP contribution in [0.5, 0.6) is 0 Å². The van der Waals surface area contributed by atoms with Crippen molar-refractivity contribution < 1.29 is 20.3 Å². The third-order valence-corrected chi connectivity index (χ3v) is 1.38. The van der Waals surface area contributed by atoms with Crippen LogP contribution in [0.1, 0.15) is 0 Å². The van der Waals surface area contributed by atoms with Crippen molar-refractivity contribution in [3.05, 3.63) is 16.8 Å². The van der Waals surface area contributed by atoms with E-state index in [1.54, 1.807) is 11.3 Å². The minimum Gasteiger partial charge on any atom is -0.398 e. The molecule has 0 aromatic carbocycles. The van der Waals surface area contributed by atoms with Gasteiger partial charge in [0.1, 0.15) is 0 Å². The Morgan fingerprint density at radius 3 is 2.08 bits per heavy atom. The van der Waals surface area contributed by atoms with Gasteiger partial charge in [-0.2, -0.15) is 21.9 Å². The quantitative estimate of drug-likeness (QED) is 0.324. The van der Waals surface area contributed by atoms with Gasteiger partial charge in [-0.05, 0) is 11.4 Å². The van der Waals surface area contributed by atoms with Gasteiger partial charge in [0.05, 0.1) is 0 Å². The summed E-state index contributed by atoms with van der Waals surface area (Å²) in [6, 6.07) is 1.88. The molecule has 6 heteroatoms. The number of nitrogens with two attached hydrogens (primary N) is 1. The summed E-state index contributed by atoms with van der Waals surface area (Å²) in [5.74, 6) is 0. The average molecular weight is 189 g/mol. The van der Waals surface area contributed by atoms with E-state index in [1.165, 1.54) is 12.2 Å². The molecular formula is C6H7NO4S. The zero-order valence-electron chi connectivity index (χ0n) is 5.93. The second kappa shape index (κ2) is 7.68. The van der Waals surface area contributed by atoms with E-state index in [0.29, 0.717) is 0 Å². The highest BCUT2D eigenvalue weighted by Gasteiger charge is 1.74. The van der Waals surface area contributed by atoms with Gasteiger partial charge in [-0.15, -0.1) is 0 Å². The summed E-state index contributed by atoms with van der Waals surface area (Å²) >= 11 is 1.61. The summed E-state index contributed by atoms with van der Waals surface area (Å²) in [7, 11) is 0. The van der Waals surface area contributed by atoms with Crippen LogP contribution in [0.3, 0.4) is 0 Å². The summed E-state index contributed by atoms with van der Waals surface area (Å²) in [6.45, 7) is 0. The standard InChI is InChI=1S/C4H5NS.C2H2O4/c5-4-1-2-6-3-4;3-5-1-2-6-4/h1-3H,5H2;3-4H. The van der Waals surface area contributed by atoms with E-state index < -0.39 is 0 Å². The molecule has 0 spiro atoms. The summed E-state index contributed by atoms with van der Waals surface area (Å²) in [5.41, 5.74) is 6.15. The summed E-state index contributed by atoms with van der Waals surface area (Å²) in [5, 5.41) is 18.5. The van der Waals surface area contributed by atoms with Crippen LogP contribution >= 0.6 is 11.3 Å². The van der Waals surface area contributed by atoms with Gasteiger partial charge >= 0.3 is 0 Å². The van der Waals surface area contributed by atoms with Gasteiger partial charge in [-0.3, -0.25) is 9.78 Å². The van der Waals surface area contributed by atoms with Crippen LogP contribution in [0.15, 0.2) is 16.8 Å². The molecule has 0 aliphatic heterocycles. The second-order valence-corrected chi connectivity index (χ2v) is 2.22. The maximum Gasteiger partial charge on any atom is 0.204 e. The van der Waals surface area contributed by atoms with E-state index in [9.17, 15) is 0 Å². The summed E-state index contributed by atoms with van der Waals surface area (Å²) in [4.78, 5) is 6.27. The van der Waals surface area contributed by atoms with Gasteiger partial charge in [-0.25, -0.2) is 0 Å². The highest BCUT2D eigenvalue weighted by atomic mass is 32.1. The molecule has 0 saturated heterocycles. The van der Waals surface area contributed by atoms with Gasteiger partial charge in [-0.1, -0.05) is 0 Å². The summed E-state index contributed by atoms with van der Waals surface area (Å²) < 4.78 is 0. The molecule has 0 saturated carbocycles. The van der Waals surface area contributed by atoms with Crippen molar-refractivity contribution in [2.24, 2.45) is 0 Å². The molecular weight excluding hydrogens is 182 g/mol. The first-order valence-corrected chi connectivity index (χ1v) is 3.64. The lowest BCUT2D eigenvalue weighted by Gasteiger charge is -1.70. The monoisotopic (exact) mass is 189 g/mol. The van der Waals surface area contributed by atoms with Gasteiger partial charge in [0.2, 0.25) is 12.2 Å². The Morgan fingerprint density at radius 1 is 1.33 bits per heavy atom. The predicted molar refractivity (Wildman–Crippen MR) is 43.9 cm³/mol. The Morgan fingerprint density at radius 2 is 1.92 bits per heavy atom. The Bertz CT molecular complexity index is 230. The largest absolute Gasteiger partial charge is 0.398 e. The molecule has 0 aliphatic carbocycles. The number of hydrogen-bond donors (Lipinski definition) is 3. The Kier molecular flexibility index (Phi) is 6.78. The first-order chi connectivity index (χ1) is 5.81. The molecule has 4 N–H and O–H groups in total. The van der Waals surface area contributed by atoms with Gasteiger partial charge in [0.15, 0.2) is 0 Å². The number of nitrogen functional groups attached to an aromatic ring is 1. The van der Waals surface area contributed by atoms with Crippen LogP contribution in [0, 0.1) is 12.2 Å². The van der Waals surface area contributed by atoms with Crippen molar-refractivity contribution in [1.29, 1.82) is 0 Å². The molecule has 66 valence electrons. The van der Waals surface area contributed by atoms with Crippen molar-refractivity contribution in [1.82, 2.24) is 0 Å². The lowest BCUT2D eigenvalue weighted by atomic mass is 10.6. The average Bonchev–Trinajstić information content (AvgIpc) is 2.53. The fourth-order valence-electron chi connectivity index (χ4n) is 0.312. The van der Waals surface area contributed by atoms with E-state index in [-0.39, 0.29) is 0 Å². The van der Waals surface area contributed by atoms with E-state index in [1.807, 2.05) is 16.8 Å². The van der Waals surface area contributed by atoms with Gasteiger partial charge in [0, 0.05) is 11.1 Å². The maximum atomic E-state index is 7.33. The second-order valence-electron chi connectivity index (χ2n) is 1.44. The topological polar surface area (TPSA) is 84.9 Å². The van der Waals surface area contributed by atoms with Crippen LogP contribution in [-0.2, 0) is 9.78 Å². The third kappa shape index (κ3) is 6.70. The molecule has 0 amide bonds. The van der Waals surface area contributed by atoms with Gasteiger partial charge < -0.3 is 5.73 Å². The van der Waals surface area contributed by atoms with Crippen molar-refractivity contribution >= 4 is 17.0 Å². The van der Waals surface area contributed by atoms with Crippen LogP contribution in [0.4, 0.5) is 5.69 Å². The van der Waals surface area contributed by atoms with Crippen LogP contribution < -0.4 is 5.73 Å². The lowest BCUT2D eigenvalue weighted by Crippen LogP contribution is -1.74. The molecule has 0 unspecified atom stereocenters. The fraction of sp³-hybridized carbons (Fsp3) is 0. The molecule has 1 aromatic rings. The molecule has 12 heavy (non-hydrogen) atoms. The zero-order chi connectivity index (χ0) is 9.23. The SMILES string of the molecule is Nc1ccsc1.OOC#COO. The first-order valence-electron chi connectivity index (χ1n) is 2.69. The highest BCUT2D eigenvalue weighted by molar-refractivity contribution is 7.08. The normalized spacial score (nSPS) is 6.83. The molecule has 0 atom stereocenters. The van der Waals surface area contributed by atoms with E-state index >= 15 is 0 Å². The minimum absolute atomic E-state index is 0.861. The minimum atomic E-state index is 0.861. The van der Waals surface area contributed by atoms with Crippen LogP contribution in [-0.4, -0.2) is 10.5 Å². The van der Waals surface area contributed by atoms with Crippen molar-refractivity contribution in [2.75, 3.05) is 5.73 Å². The fourth-order valence-corrected chi connectivity index (χ4v) is 0.862. The number of rotatable bonds is 0. The van der Waals surface area contributed by atoms with Crippen molar-refractivity contribution in [3.8, 4) is 12.2 Å². The zero-order valence-corrected chi connectivity index (χ0v) is 6.75. The molecule has 5 nitrogen and oxygen atoms in total. The smallest absolute Gasteiger partial charge is 0.204 e. The van der Waals surface area contributed by atoms with Crippen molar-refractivity contribution in [2.45, 2.75) is 0 Å². The maximum absolute atomic E-state index is 7.33. The third-order valence-electron chi connectivity index (χ3n) is 0.676. The van der Waals surface area contributed by atoms with Crippen molar-refractivity contribution in [3.63, 3.8) is 0 Å². The van der Waals surface area contributed by atoms with Gasteiger partial charge in [0.25, 0.3) is 0 Å². The number of hydrogen-bond acceptors (Lipinski definition) is 6. The highest BCUT2D eigenvalue weighted by Crippen LogP contribution is 2.05. The summed E-state index contributed by atoms with van der Waals surface area (Å²) in [6.07, 6.45) is 3.06. The molecule has 1 rings (SSSR count). The molecule has 1 heterocycles. The number of thiophene rings is 1. The van der Waals surface area contributed by atoms with E-state index in [2.05, 4.69) is 9.78 Å². The molecule has 0 bridgehead atoms. The Labute approximate surface area is 72.8 Å². The van der Waals surface area contributed by atoms with Crippen LogP contribution in [0.2, 0.25) is 0 Å². The Hall–Kier alpha value is -1.42. The van der Waals surface area contributed by atoms with E-state index in [4.69, 9.17) is 16.2 Å². The molecule has 0 radical (unpaired) electrons. The molecule has 0 aliphatic rings. The predicted octanol–water partition coefficient (Wildman–Crippen LogP) is 1.21. The Balaban J connectivity index is 0.000000202.